The van der Waals surface area contributed by atoms with Crippen molar-refractivity contribution in [2.75, 3.05) is 6.54 Å². The first-order chi connectivity index (χ1) is 7.54. The average Bonchev–Trinajstić information content (AvgIpc) is 2.57. The summed E-state index contributed by atoms with van der Waals surface area (Å²) in [6, 6.07) is 0. The van der Waals surface area contributed by atoms with Crippen LogP contribution in [-0.4, -0.2) is 11.5 Å². The molecule has 1 aromatic rings. The number of hydrogen-bond donors (Lipinski definition) is 1. The Morgan fingerprint density at radius 1 is 1.25 bits per heavy atom. The lowest BCUT2D eigenvalue weighted by atomic mass is 10.1. The van der Waals surface area contributed by atoms with E-state index in [2.05, 4.69) is 39.9 Å². The Bertz CT molecular complexity index is 316. The molecule has 0 atom stereocenters. The summed E-state index contributed by atoms with van der Waals surface area (Å²) in [6.07, 6.45) is 1.11. The lowest BCUT2D eigenvalue weighted by molar-refractivity contribution is 0.640. The van der Waals surface area contributed by atoms with Crippen molar-refractivity contribution < 1.29 is 0 Å². The molecule has 0 aliphatic rings. The fraction of sp³-hybridized carbons (Fsp3) is 0.769. The number of aromatic nitrogens is 1. The predicted molar refractivity (Wildman–Crippen MR) is 72.1 cm³/mol. The van der Waals surface area contributed by atoms with Crippen LogP contribution < -0.4 is 5.32 Å². The number of thiazole rings is 1. The van der Waals surface area contributed by atoms with Crippen molar-refractivity contribution in [3.05, 3.63) is 15.6 Å². The molecule has 0 radical (unpaired) electrons. The van der Waals surface area contributed by atoms with Gasteiger partial charge in [0.05, 0.1) is 10.7 Å². The zero-order chi connectivity index (χ0) is 12.1. The molecule has 0 saturated carbocycles. The molecule has 2 nitrogen and oxygen atoms in total. The summed E-state index contributed by atoms with van der Waals surface area (Å²) in [5.74, 6) is 1.23. The summed E-state index contributed by atoms with van der Waals surface area (Å²) in [6.45, 7) is 13.1. The van der Waals surface area contributed by atoms with Gasteiger partial charge < -0.3 is 5.32 Å². The maximum absolute atomic E-state index is 4.78. The fourth-order valence-electron chi connectivity index (χ4n) is 1.67. The molecule has 1 heterocycles. The maximum atomic E-state index is 4.78. The van der Waals surface area contributed by atoms with Crippen LogP contribution in [0.25, 0.3) is 0 Å². The average molecular weight is 240 g/mol. The van der Waals surface area contributed by atoms with Gasteiger partial charge in [-0.05, 0) is 18.4 Å². The molecular formula is C13H24N2S. The molecule has 0 unspecified atom stereocenters. The first kappa shape index (κ1) is 13.7. The van der Waals surface area contributed by atoms with Gasteiger partial charge in [0, 0.05) is 17.8 Å². The lowest BCUT2D eigenvalue weighted by Crippen LogP contribution is -2.12. The molecule has 1 rings (SSSR count). The van der Waals surface area contributed by atoms with Gasteiger partial charge in [-0.2, -0.15) is 0 Å². The molecule has 0 bridgehead atoms. The van der Waals surface area contributed by atoms with Crippen LogP contribution in [0.1, 0.15) is 56.1 Å². The van der Waals surface area contributed by atoms with Crippen LogP contribution >= 0.6 is 11.3 Å². The smallest absolute Gasteiger partial charge is 0.0934 e. The summed E-state index contributed by atoms with van der Waals surface area (Å²) in [4.78, 5) is 6.20. The molecule has 3 heteroatoms. The molecule has 16 heavy (non-hydrogen) atoms. The maximum Gasteiger partial charge on any atom is 0.0934 e. The number of rotatable bonds is 6. The second-order valence-corrected chi connectivity index (χ2v) is 6.12. The Morgan fingerprint density at radius 3 is 2.44 bits per heavy atom. The van der Waals surface area contributed by atoms with Gasteiger partial charge in [0.2, 0.25) is 0 Å². The first-order valence-corrected chi connectivity index (χ1v) is 7.05. The minimum absolute atomic E-state index is 0.533. The zero-order valence-electron chi connectivity index (χ0n) is 11.1. The molecule has 1 aromatic heterocycles. The number of hydrogen-bond acceptors (Lipinski definition) is 3. The van der Waals surface area contributed by atoms with Gasteiger partial charge in [-0.15, -0.1) is 11.3 Å². The van der Waals surface area contributed by atoms with Gasteiger partial charge in [0.1, 0.15) is 0 Å². The van der Waals surface area contributed by atoms with Gasteiger partial charge in [-0.25, -0.2) is 4.98 Å². The van der Waals surface area contributed by atoms with Crippen molar-refractivity contribution in [3.8, 4) is 0 Å². The third kappa shape index (κ3) is 3.87. The Labute approximate surface area is 103 Å². The fourth-order valence-corrected chi connectivity index (χ4v) is 3.07. The van der Waals surface area contributed by atoms with E-state index in [1.807, 2.05) is 11.3 Å². The largest absolute Gasteiger partial charge is 0.312 e. The highest BCUT2D eigenvalue weighted by Crippen LogP contribution is 2.26. The molecule has 0 saturated heterocycles. The van der Waals surface area contributed by atoms with Crippen molar-refractivity contribution >= 4 is 11.3 Å². The molecule has 1 N–H and O–H groups in total. The molecule has 0 spiro atoms. The topological polar surface area (TPSA) is 24.9 Å². The van der Waals surface area contributed by atoms with Crippen LogP contribution in [0.5, 0.6) is 0 Å². The van der Waals surface area contributed by atoms with Crippen LogP contribution in [0.4, 0.5) is 0 Å². The highest BCUT2D eigenvalue weighted by atomic mass is 32.1. The molecule has 0 amide bonds. The van der Waals surface area contributed by atoms with E-state index in [1.54, 1.807) is 0 Å². The predicted octanol–water partition coefficient (Wildman–Crippen LogP) is 3.57. The lowest BCUT2D eigenvalue weighted by Gasteiger charge is -2.04. The van der Waals surface area contributed by atoms with Crippen LogP contribution in [0.15, 0.2) is 0 Å². The summed E-state index contributed by atoms with van der Waals surface area (Å²) in [7, 11) is 0. The monoisotopic (exact) mass is 240 g/mol. The van der Waals surface area contributed by atoms with Gasteiger partial charge in [-0.1, -0.05) is 34.6 Å². The Morgan fingerprint density at radius 2 is 1.94 bits per heavy atom. The van der Waals surface area contributed by atoms with E-state index in [4.69, 9.17) is 4.98 Å². The normalized spacial score (nSPS) is 11.7. The standard InChI is InChI=1S/C13H24N2S/c1-6-14-8-11-13(10(4)5)15-12(16-11)7-9(2)3/h9-10,14H,6-8H2,1-5H3. The zero-order valence-corrected chi connectivity index (χ0v) is 11.9. The van der Waals surface area contributed by atoms with Gasteiger partial charge in [0.15, 0.2) is 0 Å². The van der Waals surface area contributed by atoms with Crippen molar-refractivity contribution in [1.82, 2.24) is 10.3 Å². The minimum atomic E-state index is 0.533. The van der Waals surface area contributed by atoms with Crippen molar-refractivity contribution in [2.45, 2.75) is 53.5 Å². The Kier molecular flexibility index (Phi) is 5.42. The van der Waals surface area contributed by atoms with Crippen LogP contribution in [0, 0.1) is 5.92 Å². The summed E-state index contributed by atoms with van der Waals surface area (Å²) in [5.41, 5.74) is 1.29. The van der Waals surface area contributed by atoms with E-state index < -0.39 is 0 Å². The van der Waals surface area contributed by atoms with E-state index in [-0.39, 0.29) is 0 Å². The Hall–Kier alpha value is -0.410. The third-order valence-corrected chi connectivity index (χ3v) is 3.53. The Balaban J connectivity index is 2.82. The van der Waals surface area contributed by atoms with Gasteiger partial charge >= 0.3 is 0 Å². The van der Waals surface area contributed by atoms with Crippen molar-refractivity contribution in [1.29, 1.82) is 0 Å². The highest BCUT2D eigenvalue weighted by Gasteiger charge is 2.14. The minimum Gasteiger partial charge on any atom is -0.312 e. The van der Waals surface area contributed by atoms with Gasteiger partial charge in [0.25, 0.3) is 0 Å². The summed E-state index contributed by atoms with van der Waals surface area (Å²) in [5, 5.41) is 4.69. The summed E-state index contributed by atoms with van der Waals surface area (Å²) < 4.78 is 0. The highest BCUT2D eigenvalue weighted by molar-refractivity contribution is 7.11. The van der Waals surface area contributed by atoms with E-state index in [0.29, 0.717) is 11.8 Å². The molecule has 0 aliphatic heterocycles. The van der Waals surface area contributed by atoms with Crippen molar-refractivity contribution in [2.24, 2.45) is 5.92 Å². The van der Waals surface area contributed by atoms with Crippen molar-refractivity contribution in [3.63, 3.8) is 0 Å². The first-order valence-electron chi connectivity index (χ1n) is 6.23. The number of nitrogens with one attached hydrogen (secondary N) is 1. The van der Waals surface area contributed by atoms with Crippen LogP contribution in [-0.2, 0) is 13.0 Å². The number of nitrogens with zero attached hydrogens (tertiary/aromatic N) is 1. The quantitative estimate of drug-likeness (QED) is 0.822. The van der Waals surface area contributed by atoms with E-state index >= 15 is 0 Å². The van der Waals surface area contributed by atoms with E-state index in [0.717, 1.165) is 19.5 Å². The van der Waals surface area contributed by atoms with E-state index in [1.165, 1.54) is 15.6 Å². The second kappa shape index (κ2) is 6.36. The molecular weight excluding hydrogens is 216 g/mol. The molecule has 92 valence electrons. The molecule has 0 aromatic carbocycles. The van der Waals surface area contributed by atoms with E-state index in [9.17, 15) is 0 Å². The molecule has 0 fully saturated rings. The summed E-state index contributed by atoms with van der Waals surface area (Å²) >= 11 is 1.88. The van der Waals surface area contributed by atoms with Gasteiger partial charge in [-0.3, -0.25) is 0 Å². The van der Waals surface area contributed by atoms with Crippen LogP contribution in [0.3, 0.4) is 0 Å². The van der Waals surface area contributed by atoms with Crippen LogP contribution in [0.2, 0.25) is 0 Å². The molecule has 0 aliphatic carbocycles. The third-order valence-electron chi connectivity index (χ3n) is 2.44. The second-order valence-electron chi connectivity index (χ2n) is 4.95. The SMILES string of the molecule is CCNCc1sc(CC(C)C)nc1C(C)C.